The Morgan fingerprint density at radius 2 is 2.22 bits per heavy atom. The van der Waals surface area contributed by atoms with Gasteiger partial charge in [-0.2, -0.15) is 5.10 Å². The zero-order valence-electron chi connectivity index (χ0n) is 9.37. The fourth-order valence-corrected chi connectivity index (χ4v) is 2.68. The highest BCUT2D eigenvalue weighted by Gasteiger charge is 2.09. The van der Waals surface area contributed by atoms with Crippen LogP contribution in [0.1, 0.15) is 4.88 Å². The topological polar surface area (TPSA) is 65.6 Å². The lowest BCUT2D eigenvalue weighted by Gasteiger charge is -2.02. The van der Waals surface area contributed by atoms with Crippen LogP contribution in [-0.4, -0.2) is 24.3 Å². The third-order valence-electron chi connectivity index (χ3n) is 2.57. The van der Waals surface area contributed by atoms with Gasteiger partial charge in [-0.05, 0) is 0 Å². The first-order chi connectivity index (χ1) is 8.65. The van der Waals surface area contributed by atoms with E-state index in [1.54, 1.807) is 17.9 Å². The van der Waals surface area contributed by atoms with Crippen LogP contribution in [-0.2, 0) is 13.6 Å². The van der Waals surface area contributed by atoms with E-state index in [9.17, 15) is 4.79 Å². The number of aryl methyl sites for hydroxylation is 1. The van der Waals surface area contributed by atoms with Gasteiger partial charge in [0.2, 0.25) is 0 Å². The standard InChI is InChI=1S/C10H8ClN5OS/c1-15-8-7(3-14-15)9(17)16(5-13-8)4-6-2-12-10(11)18-6/h2-3,5H,4H2,1H3. The molecule has 0 saturated heterocycles. The number of rotatable bonds is 2. The second-order valence-electron chi connectivity index (χ2n) is 3.76. The molecule has 8 heteroatoms. The molecule has 92 valence electrons. The molecule has 0 aromatic carbocycles. The van der Waals surface area contributed by atoms with Crippen molar-refractivity contribution in [3.05, 3.63) is 38.4 Å². The van der Waals surface area contributed by atoms with Gasteiger partial charge >= 0.3 is 0 Å². The summed E-state index contributed by atoms with van der Waals surface area (Å²) >= 11 is 7.10. The Kier molecular flexibility index (Phi) is 2.64. The molecule has 0 atom stereocenters. The zero-order valence-corrected chi connectivity index (χ0v) is 10.9. The summed E-state index contributed by atoms with van der Waals surface area (Å²) in [6.45, 7) is 0.418. The summed E-state index contributed by atoms with van der Waals surface area (Å²) in [4.78, 5) is 21.2. The lowest BCUT2D eigenvalue weighted by Crippen LogP contribution is -2.20. The molecule has 3 aromatic rings. The molecule has 18 heavy (non-hydrogen) atoms. The number of nitrogens with zero attached hydrogens (tertiary/aromatic N) is 5. The first-order valence-electron chi connectivity index (χ1n) is 5.12. The summed E-state index contributed by atoms with van der Waals surface area (Å²) in [5, 5.41) is 4.53. The molecule has 0 aliphatic rings. The third kappa shape index (κ3) is 1.81. The zero-order chi connectivity index (χ0) is 12.7. The Hall–Kier alpha value is -1.73. The number of thiazole rings is 1. The van der Waals surface area contributed by atoms with E-state index in [4.69, 9.17) is 11.6 Å². The van der Waals surface area contributed by atoms with E-state index < -0.39 is 0 Å². The molecule has 3 heterocycles. The Labute approximate surface area is 110 Å². The summed E-state index contributed by atoms with van der Waals surface area (Å²) in [6.07, 6.45) is 4.70. The van der Waals surface area contributed by atoms with Gasteiger partial charge in [0.25, 0.3) is 5.56 Å². The SMILES string of the molecule is Cn1ncc2c(=O)n(Cc3cnc(Cl)s3)cnc21. The maximum atomic E-state index is 12.2. The Morgan fingerprint density at radius 1 is 1.39 bits per heavy atom. The number of hydrogen-bond donors (Lipinski definition) is 0. The smallest absolute Gasteiger partial charge is 0.264 e. The molecule has 0 radical (unpaired) electrons. The first kappa shape index (κ1) is 11.4. The van der Waals surface area contributed by atoms with Crippen molar-refractivity contribution in [2.24, 2.45) is 7.05 Å². The molecular weight excluding hydrogens is 274 g/mol. The van der Waals surface area contributed by atoms with Crippen molar-refractivity contribution in [1.82, 2.24) is 24.3 Å². The van der Waals surface area contributed by atoms with Crippen LogP contribution < -0.4 is 5.56 Å². The average Bonchev–Trinajstić information content (AvgIpc) is 2.91. The first-order valence-corrected chi connectivity index (χ1v) is 6.32. The van der Waals surface area contributed by atoms with E-state index in [1.807, 2.05) is 0 Å². The van der Waals surface area contributed by atoms with Gasteiger partial charge in [0.05, 0.1) is 12.7 Å². The monoisotopic (exact) mass is 281 g/mol. The van der Waals surface area contributed by atoms with Crippen LogP contribution in [0, 0.1) is 0 Å². The summed E-state index contributed by atoms with van der Waals surface area (Å²) < 4.78 is 3.56. The van der Waals surface area contributed by atoms with Crippen molar-refractivity contribution >= 4 is 34.0 Å². The number of halogens is 1. The van der Waals surface area contributed by atoms with Gasteiger partial charge in [-0.3, -0.25) is 14.0 Å². The molecule has 0 bridgehead atoms. The van der Waals surface area contributed by atoms with E-state index in [0.29, 0.717) is 22.0 Å². The second-order valence-corrected chi connectivity index (χ2v) is 5.46. The minimum atomic E-state index is -0.113. The van der Waals surface area contributed by atoms with Gasteiger partial charge in [0.15, 0.2) is 10.1 Å². The lowest BCUT2D eigenvalue weighted by atomic mass is 10.4. The van der Waals surface area contributed by atoms with Crippen LogP contribution in [0.15, 0.2) is 23.5 Å². The van der Waals surface area contributed by atoms with Gasteiger partial charge in [0, 0.05) is 18.1 Å². The van der Waals surface area contributed by atoms with Crippen molar-refractivity contribution in [2.45, 2.75) is 6.54 Å². The summed E-state index contributed by atoms with van der Waals surface area (Å²) in [6, 6.07) is 0. The summed E-state index contributed by atoms with van der Waals surface area (Å²) in [7, 11) is 1.75. The number of aromatic nitrogens is 5. The quantitative estimate of drug-likeness (QED) is 0.710. The molecule has 0 unspecified atom stereocenters. The second kappa shape index (κ2) is 4.18. The lowest BCUT2D eigenvalue weighted by molar-refractivity contribution is 0.744. The highest BCUT2D eigenvalue weighted by molar-refractivity contribution is 7.15. The molecule has 0 amide bonds. The fraction of sp³-hybridized carbons (Fsp3) is 0.200. The van der Waals surface area contributed by atoms with Gasteiger partial charge in [0.1, 0.15) is 11.7 Å². The number of fused-ring (bicyclic) bond motifs is 1. The fourth-order valence-electron chi connectivity index (χ4n) is 1.70. The molecule has 3 aromatic heterocycles. The average molecular weight is 282 g/mol. The van der Waals surface area contributed by atoms with Crippen molar-refractivity contribution in [1.29, 1.82) is 0 Å². The van der Waals surface area contributed by atoms with Crippen molar-refractivity contribution in [3.63, 3.8) is 0 Å². The minimum Gasteiger partial charge on any atom is -0.293 e. The predicted octanol–water partition coefficient (Wildman–Crippen LogP) is 1.29. The Balaban J connectivity index is 2.07. The normalized spacial score (nSPS) is 11.2. The third-order valence-corrected chi connectivity index (χ3v) is 3.67. The molecule has 0 aliphatic carbocycles. The van der Waals surface area contributed by atoms with Crippen molar-refractivity contribution < 1.29 is 0 Å². The minimum absolute atomic E-state index is 0.113. The van der Waals surface area contributed by atoms with Gasteiger partial charge in [-0.25, -0.2) is 9.97 Å². The molecule has 0 spiro atoms. The largest absolute Gasteiger partial charge is 0.293 e. The van der Waals surface area contributed by atoms with Crippen molar-refractivity contribution in [3.8, 4) is 0 Å². The number of hydrogen-bond acceptors (Lipinski definition) is 5. The van der Waals surface area contributed by atoms with E-state index in [1.165, 1.54) is 28.4 Å². The van der Waals surface area contributed by atoms with Crippen LogP contribution in [0.3, 0.4) is 0 Å². The van der Waals surface area contributed by atoms with Gasteiger partial charge in [-0.15, -0.1) is 11.3 Å². The summed E-state index contributed by atoms with van der Waals surface area (Å²) in [5.41, 5.74) is 0.469. The van der Waals surface area contributed by atoms with Crippen LogP contribution in [0.25, 0.3) is 11.0 Å². The molecule has 0 N–H and O–H groups in total. The highest BCUT2D eigenvalue weighted by Crippen LogP contribution is 2.18. The molecule has 6 nitrogen and oxygen atoms in total. The van der Waals surface area contributed by atoms with Crippen LogP contribution in [0.5, 0.6) is 0 Å². The Bertz CT molecular complexity index is 774. The summed E-state index contributed by atoms with van der Waals surface area (Å²) in [5.74, 6) is 0. The Morgan fingerprint density at radius 3 is 2.94 bits per heavy atom. The van der Waals surface area contributed by atoms with E-state index in [2.05, 4.69) is 15.1 Å². The maximum absolute atomic E-state index is 12.2. The van der Waals surface area contributed by atoms with Gasteiger partial charge in [-0.1, -0.05) is 11.6 Å². The van der Waals surface area contributed by atoms with E-state index in [0.717, 1.165) is 4.88 Å². The van der Waals surface area contributed by atoms with Gasteiger partial charge < -0.3 is 0 Å². The molecule has 0 aliphatic heterocycles. The maximum Gasteiger partial charge on any atom is 0.264 e. The molecule has 3 rings (SSSR count). The molecule has 0 fully saturated rings. The predicted molar refractivity (Wildman–Crippen MR) is 69.0 cm³/mol. The van der Waals surface area contributed by atoms with E-state index >= 15 is 0 Å². The van der Waals surface area contributed by atoms with E-state index in [-0.39, 0.29) is 5.56 Å². The highest BCUT2D eigenvalue weighted by atomic mass is 35.5. The van der Waals surface area contributed by atoms with Crippen LogP contribution in [0.2, 0.25) is 4.47 Å². The molecule has 0 saturated carbocycles. The van der Waals surface area contributed by atoms with Crippen LogP contribution in [0.4, 0.5) is 0 Å². The molecular formula is C10H8ClN5OS. The van der Waals surface area contributed by atoms with Crippen molar-refractivity contribution in [2.75, 3.05) is 0 Å². The van der Waals surface area contributed by atoms with Crippen LogP contribution >= 0.6 is 22.9 Å².